The Bertz CT molecular complexity index is 2450. The monoisotopic (exact) mass is 926 g/mol. The molecule has 0 saturated heterocycles. The molecule has 2 aliphatic heterocycles. The van der Waals surface area contributed by atoms with Gasteiger partial charge in [-0.15, -0.1) is 22.7 Å². The van der Waals surface area contributed by atoms with E-state index in [9.17, 15) is 19.2 Å². The van der Waals surface area contributed by atoms with Gasteiger partial charge in [0.2, 0.25) is 0 Å². The third-order valence-electron chi connectivity index (χ3n) is 13.1. The third kappa shape index (κ3) is 10.7. The number of aromatic nitrogens is 2. The van der Waals surface area contributed by atoms with E-state index in [4.69, 9.17) is 8.75 Å². The van der Waals surface area contributed by atoms with E-state index >= 15 is 0 Å². The number of carbonyl (C=O) groups is 4. The summed E-state index contributed by atoms with van der Waals surface area (Å²) in [5.41, 5.74) is 7.43. The molecule has 6 aromatic rings. The molecule has 0 radical (unpaired) electrons. The lowest BCUT2D eigenvalue weighted by atomic mass is 10.0. The second-order valence-corrected chi connectivity index (χ2v) is 20.6. The Morgan fingerprint density at radius 2 is 0.692 bits per heavy atom. The van der Waals surface area contributed by atoms with Crippen LogP contribution in [0, 0.1) is 0 Å². The van der Waals surface area contributed by atoms with Gasteiger partial charge in [0.05, 0.1) is 34.0 Å². The van der Waals surface area contributed by atoms with E-state index in [1.54, 1.807) is 22.7 Å². The maximum atomic E-state index is 13.5. The van der Waals surface area contributed by atoms with Gasteiger partial charge in [0.1, 0.15) is 11.0 Å². The molecule has 8 rings (SSSR count). The zero-order valence-corrected chi connectivity index (χ0v) is 40.6. The summed E-state index contributed by atoms with van der Waals surface area (Å²) in [6, 6.07) is 23.8. The van der Waals surface area contributed by atoms with Gasteiger partial charge in [-0.25, -0.2) is 0 Å². The fraction of sp³-hybridized carbons (Fsp3) is 0.444. The van der Waals surface area contributed by atoms with Gasteiger partial charge in [-0.2, -0.15) is 8.75 Å². The highest BCUT2D eigenvalue weighted by Crippen LogP contribution is 2.43. The summed E-state index contributed by atoms with van der Waals surface area (Å²) in [6.45, 7) is 5.43. The molecule has 0 bridgehead atoms. The van der Waals surface area contributed by atoms with Gasteiger partial charge in [-0.05, 0) is 72.5 Å². The summed E-state index contributed by atoms with van der Waals surface area (Å²) in [5.74, 6) is -0.751. The largest absolute Gasteiger partial charge is 0.274 e. The molecule has 0 N–H and O–H groups in total. The number of amides is 4. The first kappa shape index (κ1) is 46.7. The summed E-state index contributed by atoms with van der Waals surface area (Å²) < 4.78 is 9.51. The molecule has 0 fully saturated rings. The van der Waals surface area contributed by atoms with Crippen molar-refractivity contribution in [3.05, 3.63) is 95.1 Å². The Hall–Kier alpha value is -4.84. The van der Waals surface area contributed by atoms with Crippen LogP contribution in [0.15, 0.2) is 72.8 Å². The minimum Gasteiger partial charge on any atom is -0.274 e. The number of carbonyl (C=O) groups excluding carboxylic acids is 4. The zero-order valence-electron chi connectivity index (χ0n) is 38.1. The van der Waals surface area contributed by atoms with Crippen molar-refractivity contribution >= 4 is 69.1 Å². The molecule has 3 aromatic carbocycles. The fourth-order valence-electron chi connectivity index (χ4n) is 9.35. The minimum atomic E-state index is -0.191. The number of imide groups is 2. The van der Waals surface area contributed by atoms with Crippen LogP contribution in [-0.4, -0.2) is 55.3 Å². The van der Waals surface area contributed by atoms with Crippen molar-refractivity contribution in [2.24, 2.45) is 0 Å². The van der Waals surface area contributed by atoms with Crippen molar-refractivity contribution in [1.29, 1.82) is 0 Å². The average molecular weight is 927 g/mol. The first-order valence-electron chi connectivity index (χ1n) is 24.3. The summed E-state index contributed by atoms with van der Waals surface area (Å²) >= 11 is 4.46. The van der Waals surface area contributed by atoms with Gasteiger partial charge in [0.25, 0.3) is 23.6 Å². The quantitative estimate of drug-likeness (QED) is 0.0397. The number of benzene rings is 3. The lowest BCUT2D eigenvalue weighted by Gasteiger charge is -2.13. The lowest BCUT2D eigenvalue weighted by Crippen LogP contribution is -2.30. The van der Waals surface area contributed by atoms with Crippen LogP contribution in [0.3, 0.4) is 0 Å². The molecule has 0 atom stereocenters. The maximum Gasteiger partial charge on any atom is 0.261 e. The summed E-state index contributed by atoms with van der Waals surface area (Å²) in [7, 11) is 0. The van der Waals surface area contributed by atoms with Crippen molar-refractivity contribution in [3.63, 3.8) is 0 Å². The Morgan fingerprint density at radius 1 is 0.369 bits per heavy atom. The Labute approximate surface area is 396 Å². The predicted molar refractivity (Wildman–Crippen MR) is 269 cm³/mol. The molecule has 3 aromatic heterocycles. The Kier molecular flexibility index (Phi) is 16.2. The SMILES string of the molecule is CCCCCCCCCCCCN1C(=O)c2ccc(-c3ccc(-c4ccc(-c5ccc(-c6ccc7c(c6)C(=O)N(CCCCCCCCCCCC)C7=O)s5)c5nsnc45)s3)cc2C1=O. The normalized spacial score (nSPS) is 13.6. The zero-order chi connectivity index (χ0) is 45.1. The highest BCUT2D eigenvalue weighted by Gasteiger charge is 2.36. The highest BCUT2D eigenvalue weighted by atomic mass is 32.1. The molecule has 8 nitrogen and oxygen atoms in total. The Balaban J connectivity index is 0.878. The van der Waals surface area contributed by atoms with Crippen LogP contribution in [-0.2, 0) is 0 Å². The standard InChI is InChI=1S/C54H62N4O4S3/c1-3-5-7-9-11-13-15-17-19-21-33-57-51(59)39-25-23-37(35-43(39)53(57)61)45-29-31-47(63-45)41-27-28-42(50-49(41)55-65-56-50)48-32-30-46(64-48)38-24-26-40-44(36-38)54(62)58(52(40)60)34-22-20-18-16-14-12-10-8-6-4-2/h23-32,35-36H,3-22,33-34H2,1-2H3. The minimum absolute atomic E-state index is 0.184. The van der Waals surface area contributed by atoms with Crippen LogP contribution in [0.25, 0.3) is 52.8 Å². The molecule has 340 valence electrons. The van der Waals surface area contributed by atoms with Crippen LogP contribution < -0.4 is 0 Å². The number of thiophene rings is 2. The van der Waals surface area contributed by atoms with E-state index in [-0.39, 0.29) is 23.6 Å². The second kappa shape index (κ2) is 22.6. The fourth-order valence-corrected chi connectivity index (χ4v) is 12.0. The second-order valence-electron chi connectivity index (χ2n) is 17.9. The van der Waals surface area contributed by atoms with Gasteiger partial charge < -0.3 is 0 Å². The number of hydrogen-bond acceptors (Lipinski definition) is 9. The van der Waals surface area contributed by atoms with Crippen LogP contribution in [0.4, 0.5) is 0 Å². The van der Waals surface area contributed by atoms with Crippen molar-refractivity contribution in [1.82, 2.24) is 18.5 Å². The van der Waals surface area contributed by atoms with E-state index < -0.39 is 0 Å². The summed E-state index contributed by atoms with van der Waals surface area (Å²) in [4.78, 5) is 60.5. The van der Waals surface area contributed by atoms with E-state index in [1.807, 2.05) is 36.4 Å². The van der Waals surface area contributed by atoms with Gasteiger partial charge in [-0.1, -0.05) is 154 Å². The summed E-state index contributed by atoms with van der Waals surface area (Å²) in [6.07, 6.45) is 24.1. The van der Waals surface area contributed by atoms with Gasteiger partial charge in [0.15, 0.2) is 0 Å². The smallest absolute Gasteiger partial charge is 0.261 e. The maximum absolute atomic E-state index is 13.5. The predicted octanol–water partition coefficient (Wildman–Crippen LogP) is 15.5. The molecule has 2 aliphatic rings. The van der Waals surface area contributed by atoms with Crippen LogP contribution in [0.1, 0.15) is 184 Å². The molecule has 0 unspecified atom stereocenters. The number of fused-ring (bicyclic) bond motifs is 3. The van der Waals surface area contributed by atoms with Crippen LogP contribution >= 0.6 is 34.4 Å². The number of nitrogens with zero attached hydrogens (tertiary/aromatic N) is 4. The molecule has 4 amide bonds. The van der Waals surface area contributed by atoms with E-state index in [2.05, 4.69) is 50.2 Å². The number of rotatable bonds is 26. The molecule has 11 heteroatoms. The first-order valence-corrected chi connectivity index (χ1v) is 26.7. The average Bonchev–Trinajstić information content (AvgIpc) is 4.18. The third-order valence-corrected chi connectivity index (χ3v) is 16.0. The van der Waals surface area contributed by atoms with Crippen molar-refractivity contribution < 1.29 is 19.2 Å². The summed E-state index contributed by atoms with van der Waals surface area (Å²) in [5, 5.41) is 0. The van der Waals surface area contributed by atoms with E-state index in [1.165, 1.54) is 111 Å². The van der Waals surface area contributed by atoms with Gasteiger partial charge in [-0.3, -0.25) is 29.0 Å². The first-order chi connectivity index (χ1) is 31.9. The Morgan fingerprint density at radius 3 is 1.08 bits per heavy atom. The van der Waals surface area contributed by atoms with Gasteiger partial charge >= 0.3 is 0 Å². The number of unbranched alkanes of at least 4 members (excludes halogenated alkanes) is 18. The van der Waals surface area contributed by atoms with E-state index in [0.29, 0.717) is 35.3 Å². The molecule has 5 heterocycles. The van der Waals surface area contributed by atoms with Gasteiger partial charge in [0, 0.05) is 43.7 Å². The van der Waals surface area contributed by atoms with Crippen LogP contribution in [0.5, 0.6) is 0 Å². The molecule has 0 spiro atoms. The van der Waals surface area contributed by atoms with Crippen molar-refractivity contribution in [2.75, 3.05) is 13.1 Å². The topological polar surface area (TPSA) is 101 Å². The van der Waals surface area contributed by atoms with Crippen molar-refractivity contribution in [3.8, 4) is 41.8 Å². The van der Waals surface area contributed by atoms with Crippen molar-refractivity contribution in [2.45, 2.75) is 142 Å². The van der Waals surface area contributed by atoms with E-state index in [0.717, 1.165) is 91.3 Å². The molecule has 0 saturated carbocycles. The lowest BCUT2D eigenvalue weighted by molar-refractivity contribution is 0.0636. The van der Waals surface area contributed by atoms with Crippen LogP contribution in [0.2, 0.25) is 0 Å². The highest BCUT2D eigenvalue weighted by molar-refractivity contribution is 7.19. The molecule has 65 heavy (non-hydrogen) atoms. The molecular formula is C54H62N4O4S3. The number of hydrogen-bond donors (Lipinski definition) is 0. The molecule has 0 aliphatic carbocycles. The molecular weight excluding hydrogens is 865 g/mol.